The minimum atomic E-state index is 0.553. The van der Waals surface area contributed by atoms with Crippen LogP contribution in [0.4, 0.5) is 0 Å². The van der Waals surface area contributed by atoms with E-state index in [9.17, 15) is 0 Å². The second-order valence-corrected chi connectivity index (χ2v) is 7.73. The van der Waals surface area contributed by atoms with Crippen LogP contribution in [0.15, 0.2) is 59.3 Å². The Morgan fingerprint density at radius 3 is 2.83 bits per heavy atom. The third kappa shape index (κ3) is 3.66. The maximum atomic E-state index is 5.90. The van der Waals surface area contributed by atoms with E-state index in [-0.39, 0.29) is 0 Å². The molecule has 0 saturated heterocycles. The lowest BCUT2D eigenvalue weighted by Gasteiger charge is -2.27. The lowest BCUT2D eigenvalue weighted by atomic mass is 10.1. The monoisotopic (exact) mass is 403 g/mol. The number of aromatic nitrogens is 4. The second kappa shape index (κ2) is 7.42. The fourth-order valence-electron chi connectivity index (χ4n) is 3.79. The topological polar surface area (TPSA) is 62.9 Å². The zero-order chi connectivity index (χ0) is 19.8. The van der Waals surface area contributed by atoms with Crippen molar-refractivity contribution in [2.75, 3.05) is 6.54 Å². The first-order valence-electron chi connectivity index (χ1n) is 9.66. The van der Waals surface area contributed by atoms with Crippen LogP contribution in [0.1, 0.15) is 22.6 Å². The van der Waals surface area contributed by atoms with Crippen molar-refractivity contribution in [3.05, 3.63) is 82.2 Å². The molecule has 3 aromatic heterocycles. The lowest BCUT2D eigenvalue weighted by molar-refractivity contribution is 0.243. The van der Waals surface area contributed by atoms with Crippen LogP contribution in [-0.2, 0) is 19.5 Å². The molecule has 4 heterocycles. The predicted molar refractivity (Wildman–Crippen MR) is 113 cm³/mol. The molecule has 0 amide bonds. The van der Waals surface area contributed by atoms with Gasteiger partial charge in [0.15, 0.2) is 10.5 Å². The van der Waals surface area contributed by atoms with Crippen molar-refractivity contribution in [2.24, 2.45) is 0 Å². The van der Waals surface area contributed by atoms with Gasteiger partial charge in [-0.1, -0.05) is 18.2 Å². The van der Waals surface area contributed by atoms with Gasteiger partial charge in [-0.15, -0.1) is 0 Å². The molecule has 0 atom stereocenters. The number of nitrogens with one attached hydrogen (secondary N) is 1. The number of H-pyrrole nitrogens is 1. The van der Waals surface area contributed by atoms with Crippen LogP contribution in [0.2, 0.25) is 0 Å². The van der Waals surface area contributed by atoms with Crippen molar-refractivity contribution in [1.82, 2.24) is 24.6 Å². The highest BCUT2D eigenvalue weighted by molar-refractivity contribution is 7.71. The summed E-state index contributed by atoms with van der Waals surface area (Å²) < 4.78 is 8.38. The Kier molecular flexibility index (Phi) is 4.61. The lowest BCUT2D eigenvalue weighted by Crippen LogP contribution is -2.30. The van der Waals surface area contributed by atoms with Gasteiger partial charge in [0.2, 0.25) is 0 Å². The first-order valence-corrected chi connectivity index (χ1v) is 10.1. The van der Waals surface area contributed by atoms with E-state index in [4.69, 9.17) is 21.7 Å². The Labute approximate surface area is 173 Å². The Morgan fingerprint density at radius 1 is 1.17 bits per heavy atom. The van der Waals surface area contributed by atoms with Crippen molar-refractivity contribution in [3.63, 3.8) is 0 Å². The molecule has 0 bridgehead atoms. The van der Waals surface area contributed by atoms with E-state index in [0.717, 1.165) is 54.5 Å². The van der Waals surface area contributed by atoms with Gasteiger partial charge in [0.05, 0.1) is 5.69 Å². The maximum Gasteiger partial charge on any atom is 0.196 e. The largest absolute Gasteiger partial charge is 0.460 e. The number of benzene rings is 1. The van der Waals surface area contributed by atoms with Gasteiger partial charge in [-0.2, -0.15) is 5.10 Å². The molecule has 146 valence electrons. The van der Waals surface area contributed by atoms with Crippen LogP contribution < -0.4 is 0 Å². The average Bonchev–Trinajstić information content (AvgIpc) is 3.35. The van der Waals surface area contributed by atoms with E-state index in [1.54, 1.807) is 0 Å². The Bertz CT molecular complexity index is 1210. The molecule has 1 N–H and O–H groups in total. The highest BCUT2D eigenvalue weighted by Crippen LogP contribution is 2.28. The number of furan rings is 1. The summed E-state index contributed by atoms with van der Waals surface area (Å²) in [5.41, 5.74) is 5.46. The highest BCUT2D eigenvalue weighted by Gasteiger charge is 2.21. The SMILES string of the molecule is Cc1ccc(-c2nn(-c3ccccc3)cc2CN2CCc3[nH]c(=S)ncc3C2)o1. The predicted octanol–water partition coefficient (Wildman–Crippen LogP) is 4.45. The minimum Gasteiger partial charge on any atom is -0.460 e. The first kappa shape index (κ1) is 18.0. The molecule has 1 aromatic carbocycles. The normalized spacial score (nSPS) is 14.1. The number of hydrogen-bond donors (Lipinski definition) is 1. The zero-order valence-corrected chi connectivity index (χ0v) is 16.9. The molecule has 0 fully saturated rings. The number of aromatic amines is 1. The van der Waals surface area contributed by atoms with Crippen molar-refractivity contribution >= 4 is 12.2 Å². The molecule has 5 rings (SSSR count). The van der Waals surface area contributed by atoms with Crippen molar-refractivity contribution in [2.45, 2.75) is 26.4 Å². The summed E-state index contributed by atoms with van der Waals surface area (Å²) in [6.45, 7) is 4.53. The standard InChI is InChI=1S/C22H21N5OS/c1-15-7-8-20(28-15)21-17(14-27(25-21)18-5-3-2-4-6-18)13-26-10-9-19-16(12-26)11-23-22(29)24-19/h2-8,11,14H,9-10,12-13H2,1H3,(H,23,24,29). The molecule has 4 aromatic rings. The first-order chi connectivity index (χ1) is 14.2. The third-order valence-corrected chi connectivity index (χ3v) is 5.44. The molecular formula is C22H21N5OS. The summed E-state index contributed by atoms with van der Waals surface area (Å²) in [7, 11) is 0. The zero-order valence-electron chi connectivity index (χ0n) is 16.1. The van der Waals surface area contributed by atoms with E-state index >= 15 is 0 Å². The van der Waals surface area contributed by atoms with Gasteiger partial charge in [-0.3, -0.25) is 4.90 Å². The number of aryl methyl sites for hydroxylation is 1. The molecule has 6 nitrogen and oxygen atoms in total. The number of para-hydroxylation sites is 1. The summed E-state index contributed by atoms with van der Waals surface area (Å²) in [5, 5.41) is 4.85. The quantitative estimate of drug-likeness (QED) is 0.510. The Hall–Kier alpha value is -3.03. The van der Waals surface area contributed by atoms with E-state index in [0.29, 0.717) is 4.77 Å². The maximum absolute atomic E-state index is 5.90. The fourth-order valence-corrected chi connectivity index (χ4v) is 3.96. The summed E-state index contributed by atoms with van der Waals surface area (Å²) in [5.74, 6) is 1.68. The Morgan fingerprint density at radius 2 is 2.03 bits per heavy atom. The molecule has 0 spiro atoms. The molecular weight excluding hydrogens is 382 g/mol. The molecule has 1 aliphatic rings. The summed E-state index contributed by atoms with van der Waals surface area (Å²) in [6.07, 6.45) is 4.93. The second-order valence-electron chi connectivity index (χ2n) is 7.35. The van der Waals surface area contributed by atoms with Crippen LogP contribution >= 0.6 is 12.2 Å². The summed E-state index contributed by atoms with van der Waals surface area (Å²) in [6, 6.07) is 14.1. The van der Waals surface area contributed by atoms with E-state index in [1.807, 2.05) is 48.1 Å². The van der Waals surface area contributed by atoms with Gasteiger partial charge in [0, 0.05) is 55.3 Å². The van der Waals surface area contributed by atoms with Gasteiger partial charge < -0.3 is 9.40 Å². The number of rotatable bonds is 4. The third-order valence-electron chi connectivity index (χ3n) is 5.23. The molecule has 29 heavy (non-hydrogen) atoms. The summed E-state index contributed by atoms with van der Waals surface area (Å²) in [4.78, 5) is 9.88. The van der Waals surface area contributed by atoms with Gasteiger partial charge in [0.1, 0.15) is 11.5 Å². The van der Waals surface area contributed by atoms with E-state index < -0.39 is 0 Å². The number of nitrogens with zero attached hydrogens (tertiary/aromatic N) is 4. The van der Waals surface area contributed by atoms with Crippen LogP contribution in [0.25, 0.3) is 17.1 Å². The number of fused-ring (bicyclic) bond motifs is 1. The van der Waals surface area contributed by atoms with Gasteiger partial charge >= 0.3 is 0 Å². The van der Waals surface area contributed by atoms with Crippen LogP contribution in [-0.4, -0.2) is 31.2 Å². The molecule has 0 unspecified atom stereocenters. The molecule has 0 saturated carbocycles. The van der Waals surface area contributed by atoms with Crippen molar-refractivity contribution < 1.29 is 4.42 Å². The average molecular weight is 404 g/mol. The van der Waals surface area contributed by atoms with Crippen LogP contribution in [0.5, 0.6) is 0 Å². The van der Waals surface area contributed by atoms with Gasteiger partial charge in [-0.05, 0) is 43.4 Å². The Balaban J connectivity index is 1.48. The molecule has 7 heteroatoms. The van der Waals surface area contributed by atoms with Crippen LogP contribution in [0, 0.1) is 11.7 Å². The fraction of sp³-hybridized carbons (Fsp3) is 0.227. The van der Waals surface area contributed by atoms with E-state index in [2.05, 4.69) is 33.2 Å². The summed E-state index contributed by atoms with van der Waals surface area (Å²) >= 11 is 5.15. The molecule has 0 aliphatic carbocycles. The molecule has 1 aliphatic heterocycles. The number of hydrogen-bond acceptors (Lipinski definition) is 5. The minimum absolute atomic E-state index is 0.553. The highest BCUT2D eigenvalue weighted by atomic mass is 32.1. The van der Waals surface area contributed by atoms with Crippen molar-refractivity contribution in [1.29, 1.82) is 0 Å². The molecule has 0 radical (unpaired) electrons. The van der Waals surface area contributed by atoms with E-state index in [1.165, 1.54) is 11.3 Å². The van der Waals surface area contributed by atoms with Crippen LogP contribution in [0.3, 0.4) is 0 Å². The van der Waals surface area contributed by atoms with Crippen molar-refractivity contribution in [3.8, 4) is 17.1 Å². The smallest absolute Gasteiger partial charge is 0.196 e. The van der Waals surface area contributed by atoms with Gasteiger partial charge in [0.25, 0.3) is 0 Å². The van der Waals surface area contributed by atoms with Gasteiger partial charge in [-0.25, -0.2) is 9.67 Å².